The number of carbonyl (C=O) groups is 1. The summed E-state index contributed by atoms with van der Waals surface area (Å²) >= 11 is 0. The minimum atomic E-state index is -4.53. The first-order chi connectivity index (χ1) is 10.2. The van der Waals surface area contributed by atoms with Crippen LogP contribution >= 0.6 is 0 Å². The molecule has 0 aliphatic carbocycles. The quantitative estimate of drug-likeness (QED) is 0.801. The van der Waals surface area contributed by atoms with E-state index in [0.29, 0.717) is 5.69 Å². The molecule has 0 saturated carbocycles. The van der Waals surface area contributed by atoms with E-state index in [1.807, 2.05) is 0 Å². The number of carbonyl (C=O) groups excluding carboxylic acids is 1. The van der Waals surface area contributed by atoms with E-state index in [1.165, 1.54) is 14.0 Å². The van der Waals surface area contributed by atoms with Gasteiger partial charge in [0.05, 0.1) is 7.11 Å². The lowest BCUT2D eigenvalue weighted by atomic mass is 10.3. The number of methoxy groups -OCH3 is 1. The summed E-state index contributed by atoms with van der Waals surface area (Å²) < 4.78 is 48.8. The van der Waals surface area contributed by atoms with E-state index in [-0.39, 0.29) is 18.2 Å². The molecule has 0 radical (unpaired) electrons. The molecule has 10 heteroatoms. The molecular weight excluding hydrogens is 305 g/mol. The van der Waals surface area contributed by atoms with Gasteiger partial charge in [-0.05, 0) is 19.9 Å². The Morgan fingerprint density at radius 1 is 1.45 bits per heavy atom. The second-order valence-electron chi connectivity index (χ2n) is 4.58. The van der Waals surface area contributed by atoms with Crippen LogP contribution in [-0.4, -0.2) is 33.1 Å². The minimum Gasteiger partial charge on any atom is -0.469 e. The lowest BCUT2D eigenvalue weighted by molar-refractivity contribution is -0.142. The Balaban J connectivity index is 2.23. The fraction of sp³-hybridized carbons (Fsp3) is 0.500. The van der Waals surface area contributed by atoms with E-state index in [4.69, 9.17) is 4.42 Å². The second kappa shape index (κ2) is 5.78. The summed E-state index contributed by atoms with van der Waals surface area (Å²) in [4.78, 5) is 11.1. The van der Waals surface area contributed by atoms with Crippen LogP contribution in [0, 0.1) is 6.92 Å². The van der Waals surface area contributed by atoms with Gasteiger partial charge in [0.1, 0.15) is 12.5 Å². The lowest BCUT2D eigenvalue weighted by Crippen LogP contribution is -2.13. The van der Waals surface area contributed by atoms with Crippen molar-refractivity contribution in [3.63, 3.8) is 0 Å². The number of aromatic nitrogens is 4. The maximum atomic E-state index is 12.7. The summed E-state index contributed by atoms with van der Waals surface area (Å²) in [6.07, 6.45) is -4.73. The molecule has 22 heavy (non-hydrogen) atoms. The van der Waals surface area contributed by atoms with Gasteiger partial charge in [-0.15, -0.1) is 10.2 Å². The highest BCUT2D eigenvalue weighted by molar-refractivity contribution is 5.70. The Bertz CT molecular complexity index is 677. The van der Waals surface area contributed by atoms with Crippen LogP contribution in [0.15, 0.2) is 10.5 Å². The fourth-order valence-electron chi connectivity index (χ4n) is 1.83. The van der Waals surface area contributed by atoms with Crippen molar-refractivity contribution in [2.45, 2.75) is 32.5 Å². The topological polar surface area (TPSA) is 83.0 Å². The Kier molecular flexibility index (Phi) is 4.20. The highest BCUT2D eigenvalue weighted by Crippen LogP contribution is 2.30. The van der Waals surface area contributed by atoms with Crippen LogP contribution in [0.25, 0.3) is 0 Å². The predicted octanol–water partition coefficient (Wildman–Crippen LogP) is 1.92. The van der Waals surface area contributed by atoms with Gasteiger partial charge in [-0.1, -0.05) is 0 Å². The molecule has 2 heterocycles. The molecule has 0 amide bonds. The summed E-state index contributed by atoms with van der Waals surface area (Å²) in [5.74, 6) is -0.481. The third-order valence-electron chi connectivity index (χ3n) is 2.94. The maximum absolute atomic E-state index is 12.7. The van der Waals surface area contributed by atoms with E-state index in [0.717, 1.165) is 10.7 Å². The molecule has 2 rings (SSSR count). The van der Waals surface area contributed by atoms with Crippen molar-refractivity contribution in [2.24, 2.45) is 0 Å². The largest absolute Gasteiger partial charge is 0.469 e. The number of esters is 1. The van der Waals surface area contributed by atoms with E-state index >= 15 is 0 Å². The number of ether oxygens (including phenoxy) is 1. The van der Waals surface area contributed by atoms with E-state index in [1.54, 1.807) is 6.92 Å². The van der Waals surface area contributed by atoms with Crippen molar-refractivity contribution in [3.8, 4) is 0 Å². The number of alkyl halides is 3. The molecule has 0 fully saturated rings. The fourth-order valence-corrected chi connectivity index (χ4v) is 1.83. The number of hydrogen-bond donors (Lipinski definition) is 0. The first-order valence-corrected chi connectivity index (χ1v) is 6.24. The SMILES string of the molecule is COC(=O)Cc1nnc(C(C)n2nc(C(F)(F)F)cc2C)o1. The van der Waals surface area contributed by atoms with Crippen LogP contribution < -0.4 is 0 Å². The summed E-state index contributed by atoms with van der Waals surface area (Å²) in [5, 5.41) is 10.9. The molecule has 2 aromatic rings. The summed E-state index contributed by atoms with van der Waals surface area (Å²) in [7, 11) is 1.22. The summed E-state index contributed by atoms with van der Waals surface area (Å²) in [6.45, 7) is 3.06. The molecule has 7 nitrogen and oxygen atoms in total. The number of hydrogen-bond acceptors (Lipinski definition) is 6. The zero-order valence-corrected chi connectivity index (χ0v) is 12.0. The number of nitrogens with zero attached hydrogens (tertiary/aromatic N) is 4. The average molecular weight is 318 g/mol. The predicted molar refractivity (Wildman–Crippen MR) is 65.8 cm³/mol. The Hall–Kier alpha value is -2.39. The van der Waals surface area contributed by atoms with Gasteiger partial charge in [-0.2, -0.15) is 18.3 Å². The first kappa shape index (κ1) is 16.0. The number of aryl methyl sites for hydroxylation is 1. The Morgan fingerprint density at radius 2 is 2.14 bits per heavy atom. The van der Waals surface area contributed by atoms with Crippen molar-refractivity contribution in [1.82, 2.24) is 20.0 Å². The number of rotatable bonds is 4. The van der Waals surface area contributed by atoms with Gasteiger partial charge in [0.25, 0.3) is 0 Å². The van der Waals surface area contributed by atoms with Crippen LogP contribution in [0.1, 0.15) is 36.1 Å². The monoisotopic (exact) mass is 318 g/mol. The smallest absolute Gasteiger partial charge is 0.435 e. The third-order valence-corrected chi connectivity index (χ3v) is 2.94. The van der Waals surface area contributed by atoms with Gasteiger partial charge >= 0.3 is 12.1 Å². The van der Waals surface area contributed by atoms with Crippen molar-refractivity contribution < 1.29 is 27.1 Å². The van der Waals surface area contributed by atoms with Crippen molar-refractivity contribution in [2.75, 3.05) is 7.11 Å². The van der Waals surface area contributed by atoms with Crippen molar-refractivity contribution >= 4 is 5.97 Å². The molecule has 0 saturated heterocycles. The average Bonchev–Trinajstić information content (AvgIpc) is 3.04. The molecule has 0 aliphatic heterocycles. The van der Waals surface area contributed by atoms with Crippen LogP contribution in [0.5, 0.6) is 0 Å². The molecule has 1 atom stereocenters. The molecule has 0 aromatic carbocycles. The summed E-state index contributed by atoms with van der Waals surface area (Å²) in [6, 6.07) is 0.234. The van der Waals surface area contributed by atoms with Crippen molar-refractivity contribution in [3.05, 3.63) is 29.2 Å². The number of halogens is 3. The molecule has 0 spiro atoms. The maximum Gasteiger partial charge on any atom is 0.435 e. The molecule has 2 aromatic heterocycles. The van der Waals surface area contributed by atoms with E-state index in [2.05, 4.69) is 20.0 Å². The zero-order chi connectivity index (χ0) is 16.5. The normalized spacial score (nSPS) is 13.2. The van der Waals surface area contributed by atoms with E-state index < -0.39 is 23.9 Å². The Morgan fingerprint density at radius 3 is 2.68 bits per heavy atom. The van der Waals surface area contributed by atoms with Gasteiger partial charge in [0.15, 0.2) is 5.69 Å². The molecule has 0 bridgehead atoms. The highest BCUT2D eigenvalue weighted by Gasteiger charge is 2.35. The standard InChI is InChI=1S/C12H13F3N4O3/c1-6-4-8(12(13,14)15)18-19(6)7(2)11-17-16-9(22-11)5-10(20)21-3/h4,7H,5H2,1-3H3. The van der Waals surface area contributed by atoms with Gasteiger partial charge in [-0.25, -0.2) is 0 Å². The van der Waals surface area contributed by atoms with Gasteiger partial charge in [0.2, 0.25) is 11.8 Å². The zero-order valence-electron chi connectivity index (χ0n) is 12.0. The molecular formula is C12H13F3N4O3. The summed E-state index contributed by atoms with van der Waals surface area (Å²) in [5.41, 5.74) is -0.696. The van der Waals surface area contributed by atoms with Crippen molar-refractivity contribution in [1.29, 1.82) is 0 Å². The van der Waals surface area contributed by atoms with Gasteiger partial charge in [-0.3, -0.25) is 9.48 Å². The molecule has 0 aliphatic rings. The van der Waals surface area contributed by atoms with Crippen LogP contribution in [-0.2, 0) is 22.1 Å². The van der Waals surface area contributed by atoms with Gasteiger partial charge < -0.3 is 9.15 Å². The molecule has 120 valence electrons. The Labute approximate surface area is 123 Å². The third kappa shape index (κ3) is 3.26. The first-order valence-electron chi connectivity index (χ1n) is 6.24. The second-order valence-corrected chi connectivity index (χ2v) is 4.58. The molecule has 1 unspecified atom stereocenters. The van der Waals surface area contributed by atoms with Gasteiger partial charge in [0, 0.05) is 5.69 Å². The molecule has 0 N–H and O–H groups in total. The van der Waals surface area contributed by atoms with Crippen LogP contribution in [0.2, 0.25) is 0 Å². The van der Waals surface area contributed by atoms with E-state index in [9.17, 15) is 18.0 Å². The minimum absolute atomic E-state index is 0.0227. The highest BCUT2D eigenvalue weighted by atomic mass is 19.4. The van der Waals surface area contributed by atoms with Crippen LogP contribution in [0.3, 0.4) is 0 Å². The lowest BCUT2D eigenvalue weighted by Gasteiger charge is -2.09. The van der Waals surface area contributed by atoms with Crippen LogP contribution in [0.4, 0.5) is 13.2 Å².